The Morgan fingerprint density at radius 3 is 2.40 bits per heavy atom. The third-order valence-corrected chi connectivity index (χ3v) is 5.62. The van der Waals surface area contributed by atoms with Crippen LogP contribution in [-0.4, -0.2) is 56.6 Å². The van der Waals surface area contributed by atoms with Gasteiger partial charge in [0, 0.05) is 17.5 Å². The van der Waals surface area contributed by atoms with Gasteiger partial charge in [0.05, 0.1) is 30.2 Å². The summed E-state index contributed by atoms with van der Waals surface area (Å²) in [6.45, 7) is 7.14. The number of rotatable bonds is 7. The molecule has 1 fully saturated rings. The average Bonchev–Trinajstić information content (AvgIpc) is 3.19. The monoisotopic (exact) mass is 516 g/mol. The number of aromatic nitrogens is 3. The summed E-state index contributed by atoms with van der Waals surface area (Å²) in [5.74, 6) is -0.787. The Bertz CT molecular complexity index is 1060. The van der Waals surface area contributed by atoms with Crippen LogP contribution >= 0.6 is 11.6 Å². The van der Waals surface area contributed by atoms with Crippen LogP contribution in [0.5, 0.6) is 0 Å². The van der Waals surface area contributed by atoms with Gasteiger partial charge >= 0.3 is 0 Å². The van der Waals surface area contributed by atoms with Gasteiger partial charge in [0.2, 0.25) is 6.43 Å². The lowest BCUT2D eigenvalue weighted by Crippen LogP contribution is -2.22. The molecule has 7 nitrogen and oxygen atoms in total. The molecular formula is C24H32ClF3N4O3. The summed E-state index contributed by atoms with van der Waals surface area (Å²) >= 11 is 6.32. The van der Waals surface area contributed by atoms with Crippen molar-refractivity contribution in [3.63, 3.8) is 0 Å². The Labute approximate surface area is 208 Å². The molecule has 35 heavy (non-hydrogen) atoms. The molecule has 1 aliphatic rings. The van der Waals surface area contributed by atoms with Crippen LogP contribution < -0.4 is 0 Å². The average molecular weight is 517 g/mol. The highest BCUT2D eigenvalue weighted by atomic mass is 35.5. The van der Waals surface area contributed by atoms with E-state index in [1.54, 1.807) is 19.9 Å². The first kappa shape index (κ1) is 28.8. The Kier molecular flexibility index (Phi) is 11.2. The summed E-state index contributed by atoms with van der Waals surface area (Å²) in [5, 5.41) is 24.3. The zero-order valence-electron chi connectivity index (χ0n) is 20.1. The molecule has 0 bridgehead atoms. The van der Waals surface area contributed by atoms with Crippen LogP contribution in [-0.2, 0) is 4.74 Å². The van der Waals surface area contributed by atoms with Crippen molar-refractivity contribution in [2.45, 2.75) is 71.4 Å². The van der Waals surface area contributed by atoms with Crippen LogP contribution in [0.4, 0.5) is 13.2 Å². The van der Waals surface area contributed by atoms with Gasteiger partial charge in [0.25, 0.3) is 5.90 Å². The van der Waals surface area contributed by atoms with Gasteiger partial charge < -0.3 is 14.9 Å². The number of fused-ring (bicyclic) bond motifs is 1. The van der Waals surface area contributed by atoms with E-state index in [1.807, 2.05) is 0 Å². The first-order valence-corrected chi connectivity index (χ1v) is 11.8. The molecule has 194 valence electrons. The summed E-state index contributed by atoms with van der Waals surface area (Å²) in [7, 11) is 0. The minimum absolute atomic E-state index is 0.0990. The summed E-state index contributed by atoms with van der Waals surface area (Å²) in [6.07, 6.45) is 4.15. The number of aliphatic hydroxyl groups is 2. The van der Waals surface area contributed by atoms with Gasteiger partial charge in [0.1, 0.15) is 17.0 Å². The van der Waals surface area contributed by atoms with E-state index in [-0.39, 0.29) is 41.6 Å². The minimum atomic E-state index is -2.17. The molecule has 1 saturated carbocycles. The topological polar surface area (TPSA) is 92.8 Å². The Balaban J connectivity index is 0.00000100. The van der Waals surface area contributed by atoms with Gasteiger partial charge in [-0.15, -0.1) is 0 Å². The van der Waals surface area contributed by atoms with E-state index in [1.165, 1.54) is 10.9 Å². The highest BCUT2D eigenvalue weighted by Gasteiger charge is 2.25. The third-order valence-electron chi connectivity index (χ3n) is 5.34. The Hall–Kier alpha value is -2.43. The highest BCUT2D eigenvalue weighted by Crippen LogP contribution is 2.33. The molecule has 0 aliphatic heterocycles. The second kappa shape index (κ2) is 13.6. The van der Waals surface area contributed by atoms with Crippen molar-refractivity contribution >= 4 is 34.0 Å². The second-order valence-corrected chi connectivity index (χ2v) is 8.65. The zero-order chi connectivity index (χ0) is 26.1. The van der Waals surface area contributed by atoms with Crippen LogP contribution in [0.25, 0.3) is 16.5 Å². The molecular weight excluding hydrogens is 485 g/mol. The normalized spacial score (nSPS) is 15.8. The third kappa shape index (κ3) is 7.78. The van der Waals surface area contributed by atoms with Crippen LogP contribution in [0.1, 0.15) is 64.6 Å². The number of allylic oxidation sites excluding steroid dienone is 2. The summed E-state index contributed by atoms with van der Waals surface area (Å²) in [5.41, 5.74) is 1.37. The number of halogens is 4. The lowest BCUT2D eigenvalue weighted by Gasteiger charge is -2.23. The maximum Gasteiger partial charge on any atom is 0.251 e. The van der Waals surface area contributed by atoms with Gasteiger partial charge in [-0.3, -0.25) is 4.68 Å². The largest absolute Gasteiger partial charge is 0.472 e. The number of pyridine rings is 1. The van der Waals surface area contributed by atoms with Crippen LogP contribution in [0.3, 0.4) is 0 Å². The van der Waals surface area contributed by atoms with Gasteiger partial charge in [-0.25, -0.2) is 23.1 Å². The SMILES string of the molecule is C=C(C)N=C(OC1CCCCC1)/C(F)=C(\C)c1nn(C(CO)CO)c2ccnc(Cl)c12.CC(F)F. The van der Waals surface area contributed by atoms with Crippen LogP contribution in [0, 0.1) is 0 Å². The smallest absolute Gasteiger partial charge is 0.251 e. The molecule has 0 aromatic carbocycles. The Morgan fingerprint density at radius 1 is 1.26 bits per heavy atom. The minimum Gasteiger partial charge on any atom is -0.472 e. The predicted molar refractivity (Wildman–Crippen MR) is 131 cm³/mol. The summed E-state index contributed by atoms with van der Waals surface area (Å²) in [4.78, 5) is 8.29. The number of hydrogen-bond acceptors (Lipinski definition) is 6. The number of alkyl halides is 2. The van der Waals surface area contributed by atoms with Crippen molar-refractivity contribution in [3.8, 4) is 0 Å². The van der Waals surface area contributed by atoms with Gasteiger partial charge in [0.15, 0.2) is 5.83 Å². The van der Waals surface area contributed by atoms with Crippen molar-refractivity contribution < 1.29 is 28.1 Å². The number of nitrogens with zero attached hydrogens (tertiary/aromatic N) is 4. The van der Waals surface area contributed by atoms with Gasteiger partial charge in [-0.05, 0) is 52.5 Å². The fraction of sp³-hybridized carbons (Fsp3) is 0.542. The lowest BCUT2D eigenvalue weighted by molar-refractivity contribution is 0.140. The van der Waals surface area contributed by atoms with Crippen molar-refractivity contribution in [3.05, 3.63) is 41.2 Å². The fourth-order valence-corrected chi connectivity index (χ4v) is 3.95. The van der Waals surface area contributed by atoms with E-state index in [4.69, 9.17) is 16.3 Å². The van der Waals surface area contributed by atoms with Crippen LogP contribution in [0.2, 0.25) is 5.15 Å². The van der Waals surface area contributed by atoms with Crippen molar-refractivity contribution in [1.82, 2.24) is 14.8 Å². The maximum absolute atomic E-state index is 15.7. The zero-order valence-corrected chi connectivity index (χ0v) is 20.9. The van der Waals surface area contributed by atoms with Crippen molar-refractivity contribution in [2.75, 3.05) is 13.2 Å². The van der Waals surface area contributed by atoms with E-state index >= 15 is 4.39 Å². The lowest BCUT2D eigenvalue weighted by atomic mass is 9.98. The molecule has 3 rings (SSSR count). The summed E-state index contributed by atoms with van der Waals surface area (Å²) < 4.78 is 43.7. The number of aliphatic imine (C=N–C) groups is 1. The van der Waals surface area contributed by atoms with E-state index < -0.39 is 18.3 Å². The van der Waals surface area contributed by atoms with Crippen LogP contribution in [0.15, 0.2) is 35.4 Å². The molecule has 0 atom stereocenters. The second-order valence-electron chi connectivity index (χ2n) is 8.30. The number of aliphatic hydroxyl groups excluding tert-OH is 2. The summed E-state index contributed by atoms with van der Waals surface area (Å²) in [6, 6.07) is 0.954. The first-order chi connectivity index (χ1) is 16.6. The molecule has 2 aromatic rings. The molecule has 2 heterocycles. The van der Waals surface area contributed by atoms with Gasteiger partial charge in [-0.1, -0.05) is 24.6 Å². The molecule has 0 radical (unpaired) electrons. The molecule has 0 saturated heterocycles. The molecule has 1 aliphatic carbocycles. The molecule has 0 amide bonds. The van der Waals surface area contributed by atoms with E-state index in [2.05, 4.69) is 21.7 Å². The van der Waals surface area contributed by atoms with Crippen molar-refractivity contribution in [1.29, 1.82) is 0 Å². The molecule has 11 heteroatoms. The first-order valence-electron chi connectivity index (χ1n) is 11.4. The van der Waals surface area contributed by atoms with E-state index in [0.717, 1.165) is 39.0 Å². The predicted octanol–water partition coefficient (Wildman–Crippen LogP) is 5.86. The van der Waals surface area contributed by atoms with Gasteiger partial charge in [-0.2, -0.15) is 5.10 Å². The highest BCUT2D eigenvalue weighted by molar-refractivity contribution is 6.34. The molecule has 0 unspecified atom stereocenters. The van der Waals surface area contributed by atoms with E-state index in [0.29, 0.717) is 16.6 Å². The van der Waals surface area contributed by atoms with E-state index in [9.17, 15) is 19.0 Å². The molecule has 0 spiro atoms. The van der Waals surface area contributed by atoms with Crippen molar-refractivity contribution in [2.24, 2.45) is 4.99 Å². The Morgan fingerprint density at radius 2 is 1.86 bits per heavy atom. The number of ether oxygens (including phenoxy) is 1. The molecule has 2 N–H and O–H groups in total. The molecule has 2 aromatic heterocycles. The quantitative estimate of drug-likeness (QED) is 0.273. The standard InChI is InChI=1S/C22H28ClFN4O3.C2H4F2/c1-13(2)26-22(31-16-7-5-4-6-8-16)19(24)14(3)20-18-17(9-10-25-21(18)23)28(27-20)15(11-29)12-30;1-2(3)4/h9-10,15-16,29-30H,1,4-8,11-12H2,2-3H3;2H,1H3/b19-14-,26-22?;. The maximum atomic E-state index is 15.7. The number of hydrogen-bond donors (Lipinski definition) is 2. The fourth-order valence-electron chi connectivity index (χ4n) is 3.71.